The molecule has 0 heterocycles. The molecule has 3 aromatic rings. The number of para-hydroxylation sites is 1. The highest BCUT2D eigenvalue weighted by Crippen LogP contribution is 2.28. The first-order chi connectivity index (χ1) is 15.8. The molecule has 3 rings (SSSR count). The van der Waals surface area contributed by atoms with Crippen molar-refractivity contribution < 1.29 is 14.3 Å². The molecule has 0 radical (unpaired) electrons. The third kappa shape index (κ3) is 6.57. The number of halogens is 3. The van der Waals surface area contributed by atoms with E-state index >= 15 is 0 Å². The van der Waals surface area contributed by atoms with E-state index in [0.717, 1.165) is 15.6 Å². The number of carbonyl (C=O) groups is 2. The molecular weight excluding hydrogens is 529 g/mol. The van der Waals surface area contributed by atoms with Crippen LogP contribution in [0.3, 0.4) is 0 Å². The van der Waals surface area contributed by atoms with Crippen LogP contribution in [0.1, 0.15) is 22.3 Å². The maximum atomic E-state index is 12.2. The lowest BCUT2D eigenvalue weighted by Crippen LogP contribution is -2.32. The number of nitrogens with zero attached hydrogens (tertiary/aromatic N) is 1. The second-order valence-electron chi connectivity index (χ2n) is 7.09. The van der Waals surface area contributed by atoms with Crippen molar-refractivity contribution >= 4 is 62.8 Å². The minimum atomic E-state index is -0.894. The summed E-state index contributed by atoms with van der Waals surface area (Å²) in [5.74, 6) is -1.22. The predicted octanol–water partition coefficient (Wildman–Crippen LogP) is 6.04. The van der Waals surface area contributed by atoms with Crippen LogP contribution in [-0.4, -0.2) is 18.0 Å². The third-order valence-electron chi connectivity index (χ3n) is 4.70. The van der Waals surface area contributed by atoms with Crippen LogP contribution in [0.2, 0.25) is 10.0 Å². The Hall–Kier alpha value is -2.87. The third-order valence-corrected chi connectivity index (χ3v) is 5.90. The van der Waals surface area contributed by atoms with Gasteiger partial charge in [-0.2, -0.15) is 5.10 Å². The molecule has 6 nitrogen and oxygen atoms in total. The molecule has 3 aromatic carbocycles. The lowest BCUT2D eigenvalue weighted by Gasteiger charge is -2.12. The van der Waals surface area contributed by atoms with E-state index in [9.17, 15) is 9.59 Å². The zero-order chi connectivity index (χ0) is 24.0. The fourth-order valence-corrected chi connectivity index (χ4v) is 3.85. The van der Waals surface area contributed by atoms with Crippen molar-refractivity contribution in [3.05, 3.63) is 91.4 Å². The van der Waals surface area contributed by atoms with Gasteiger partial charge in [-0.05, 0) is 55.3 Å². The van der Waals surface area contributed by atoms with Gasteiger partial charge < -0.3 is 10.1 Å². The van der Waals surface area contributed by atoms with Gasteiger partial charge in [0.05, 0.1) is 6.21 Å². The lowest BCUT2D eigenvalue weighted by atomic mass is 10.1. The average molecular weight is 549 g/mol. The van der Waals surface area contributed by atoms with E-state index < -0.39 is 11.8 Å². The van der Waals surface area contributed by atoms with Crippen LogP contribution >= 0.6 is 39.1 Å². The summed E-state index contributed by atoms with van der Waals surface area (Å²) in [6.07, 6.45) is 1.39. The first-order valence-electron chi connectivity index (χ1n) is 9.82. The van der Waals surface area contributed by atoms with Crippen molar-refractivity contribution in [3.8, 4) is 5.75 Å². The summed E-state index contributed by atoms with van der Waals surface area (Å²) in [5, 5.41) is 7.51. The van der Waals surface area contributed by atoms with Crippen molar-refractivity contribution in [2.24, 2.45) is 5.10 Å². The zero-order valence-electron chi connectivity index (χ0n) is 17.8. The molecule has 0 aromatic heterocycles. The van der Waals surface area contributed by atoms with Gasteiger partial charge in [0.1, 0.15) is 12.4 Å². The molecule has 0 spiro atoms. The van der Waals surface area contributed by atoms with Crippen LogP contribution in [0.4, 0.5) is 5.69 Å². The monoisotopic (exact) mass is 547 g/mol. The normalized spacial score (nSPS) is 10.8. The Morgan fingerprint density at radius 2 is 1.64 bits per heavy atom. The number of rotatable bonds is 6. The van der Waals surface area contributed by atoms with Gasteiger partial charge in [0, 0.05) is 31.3 Å². The smallest absolute Gasteiger partial charge is 0.329 e. The molecule has 0 unspecified atom stereocenters. The van der Waals surface area contributed by atoms with Crippen molar-refractivity contribution in [2.45, 2.75) is 20.5 Å². The summed E-state index contributed by atoms with van der Waals surface area (Å²) in [7, 11) is 0. The maximum Gasteiger partial charge on any atom is 0.329 e. The van der Waals surface area contributed by atoms with Crippen LogP contribution in [0.25, 0.3) is 0 Å². The van der Waals surface area contributed by atoms with E-state index in [4.69, 9.17) is 27.9 Å². The van der Waals surface area contributed by atoms with E-state index in [1.807, 2.05) is 32.0 Å². The molecular formula is C24H20BrCl2N3O3. The number of nitrogens with one attached hydrogen (secondary N) is 2. The van der Waals surface area contributed by atoms with E-state index in [1.165, 1.54) is 6.21 Å². The molecule has 0 aliphatic heterocycles. The second-order valence-corrected chi connectivity index (χ2v) is 8.82. The Morgan fingerprint density at radius 1 is 1.00 bits per heavy atom. The quantitative estimate of drug-likeness (QED) is 0.224. The largest absolute Gasteiger partial charge is 0.488 e. The van der Waals surface area contributed by atoms with Crippen molar-refractivity contribution in [1.82, 2.24) is 5.43 Å². The minimum Gasteiger partial charge on any atom is -0.488 e. The number of carbonyl (C=O) groups excluding carboxylic acids is 2. The van der Waals surface area contributed by atoms with Gasteiger partial charge >= 0.3 is 11.8 Å². The Balaban J connectivity index is 1.67. The van der Waals surface area contributed by atoms with E-state index in [1.54, 1.807) is 36.4 Å². The number of anilines is 1. The van der Waals surface area contributed by atoms with E-state index in [-0.39, 0.29) is 6.61 Å². The molecule has 9 heteroatoms. The molecule has 33 heavy (non-hydrogen) atoms. The molecule has 0 aliphatic carbocycles. The summed E-state index contributed by atoms with van der Waals surface area (Å²) in [4.78, 5) is 24.4. The molecule has 0 atom stereocenters. The van der Waals surface area contributed by atoms with E-state index in [2.05, 4.69) is 31.8 Å². The van der Waals surface area contributed by atoms with Gasteiger partial charge in [0.25, 0.3) is 0 Å². The van der Waals surface area contributed by atoms with Crippen LogP contribution in [0.5, 0.6) is 5.75 Å². The van der Waals surface area contributed by atoms with E-state index in [0.29, 0.717) is 32.6 Å². The summed E-state index contributed by atoms with van der Waals surface area (Å²) >= 11 is 15.8. The van der Waals surface area contributed by atoms with Crippen molar-refractivity contribution in [3.63, 3.8) is 0 Å². The highest BCUT2D eigenvalue weighted by atomic mass is 79.9. The highest BCUT2D eigenvalue weighted by Gasteiger charge is 2.15. The first-order valence-corrected chi connectivity index (χ1v) is 11.4. The lowest BCUT2D eigenvalue weighted by molar-refractivity contribution is -0.136. The Bertz CT molecular complexity index is 1190. The van der Waals surface area contributed by atoms with Crippen LogP contribution in [0.15, 0.2) is 64.2 Å². The average Bonchev–Trinajstić information content (AvgIpc) is 2.77. The molecule has 0 saturated carbocycles. The number of benzene rings is 3. The Labute approximate surface area is 210 Å². The second kappa shape index (κ2) is 11.3. The number of amides is 2. The first kappa shape index (κ1) is 24.8. The highest BCUT2D eigenvalue weighted by molar-refractivity contribution is 9.10. The van der Waals surface area contributed by atoms with Gasteiger partial charge in [-0.3, -0.25) is 9.59 Å². The van der Waals surface area contributed by atoms with Gasteiger partial charge in [-0.1, -0.05) is 63.4 Å². The van der Waals surface area contributed by atoms with Crippen LogP contribution < -0.4 is 15.5 Å². The van der Waals surface area contributed by atoms with Crippen molar-refractivity contribution in [2.75, 3.05) is 5.32 Å². The van der Waals surface area contributed by atoms with Crippen LogP contribution in [0, 0.1) is 13.8 Å². The van der Waals surface area contributed by atoms with Crippen molar-refractivity contribution in [1.29, 1.82) is 0 Å². The number of hydrazone groups is 1. The molecule has 0 aliphatic rings. The molecule has 0 fully saturated rings. The minimum absolute atomic E-state index is 0.144. The van der Waals surface area contributed by atoms with Gasteiger partial charge in [-0.25, -0.2) is 5.43 Å². The van der Waals surface area contributed by atoms with Crippen LogP contribution in [-0.2, 0) is 16.2 Å². The topological polar surface area (TPSA) is 79.8 Å². The molecule has 2 amide bonds. The molecule has 2 N–H and O–H groups in total. The summed E-state index contributed by atoms with van der Waals surface area (Å²) in [5.41, 5.74) is 5.77. The number of hydrogen-bond acceptors (Lipinski definition) is 4. The fourth-order valence-electron chi connectivity index (χ4n) is 2.96. The Morgan fingerprint density at radius 3 is 2.30 bits per heavy atom. The number of aryl methyl sites for hydroxylation is 2. The molecule has 0 bridgehead atoms. The van der Waals surface area contributed by atoms with Gasteiger partial charge in [0.2, 0.25) is 0 Å². The summed E-state index contributed by atoms with van der Waals surface area (Å²) < 4.78 is 6.66. The number of hydrogen-bond donors (Lipinski definition) is 2. The van der Waals surface area contributed by atoms with Gasteiger partial charge in [-0.15, -0.1) is 0 Å². The molecule has 170 valence electrons. The molecule has 0 saturated heterocycles. The predicted molar refractivity (Wildman–Crippen MR) is 135 cm³/mol. The fraction of sp³-hybridized carbons (Fsp3) is 0.125. The standard InChI is InChI=1S/C24H20BrCl2N3O3/c1-14-5-3-6-15(2)22(14)29-23(31)24(32)30-28-12-16-11-17(25)9-10-21(16)33-13-18-19(26)7-4-8-20(18)27/h3-12H,13H2,1-2H3,(H,29,31)(H,30,32)/b28-12-. The summed E-state index contributed by atoms with van der Waals surface area (Å²) in [6.45, 7) is 3.85. The van der Waals surface area contributed by atoms with Gasteiger partial charge in [0.15, 0.2) is 0 Å². The SMILES string of the molecule is Cc1cccc(C)c1NC(=O)C(=O)N/N=C\c1cc(Br)ccc1OCc1c(Cl)cccc1Cl. The summed E-state index contributed by atoms with van der Waals surface area (Å²) in [6, 6.07) is 16.1. The number of ether oxygens (including phenoxy) is 1. The zero-order valence-corrected chi connectivity index (χ0v) is 20.9. The maximum absolute atomic E-state index is 12.2. The Kier molecular flexibility index (Phi) is 8.49.